The Morgan fingerprint density at radius 1 is 0.944 bits per heavy atom. The van der Waals surface area contributed by atoms with Crippen molar-refractivity contribution in [3.05, 3.63) is 101 Å². The summed E-state index contributed by atoms with van der Waals surface area (Å²) in [7, 11) is 0. The van der Waals surface area contributed by atoms with Crippen molar-refractivity contribution in [1.82, 2.24) is 15.0 Å². The van der Waals surface area contributed by atoms with E-state index in [0.29, 0.717) is 17.1 Å². The second-order valence-corrected chi connectivity index (χ2v) is 9.18. The highest BCUT2D eigenvalue weighted by atomic mass is 16.3. The highest BCUT2D eigenvalue weighted by Gasteiger charge is 2.24. The highest BCUT2D eigenvalue weighted by Crippen LogP contribution is 2.35. The molecular weight excluding hydrogens is 450 g/mol. The lowest BCUT2D eigenvalue weighted by Gasteiger charge is -2.15. The third-order valence-electron chi connectivity index (χ3n) is 6.68. The molecule has 36 heavy (non-hydrogen) atoms. The molecule has 2 aromatic heterocycles. The van der Waals surface area contributed by atoms with E-state index in [9.17, 15) is 9.90 Å². The van der Waals surface area contributed by atoms with Crippen LogP contribution in [0.15, 0.2) is 73.2 Å². The monoisotopic (exact) mass is 475 g/mol. The van der Waals surface area contributed by atoms with E-state index >= 15 is 0 Å². The number of carbonyl (C=O) groups excluding carboxylic acids is 1. The zero-order valence-corrected chi connectivity index (χ0v) is 19.8. The molecule has 0 bridgehead atoms. The molecule has 0 amide bonds. The first-order valence-electron chi connectivity index (χ1n) is 11.9. The van der Waals surface area contributed by atoms with Gasteiger partial charge in [-0.25, -0.2) is 9.97 Å². The Bertz CT molecular complexity index is 1620. The van der Waals surface area contributed by atoms with E-state index in [1.165, 1.54) is 11.1 Å². The lowest BCUT2D eigenvalue weighted by molar-refractivity contribution is 0.0995. The summed E-state index contributed by atoms with van der Waals surface area (Å²) in [5.41, 5.74) is 9.17. The number of H-pyrrole nitrogens is 1. The third kappa shape index (κ3) is 4.15. The Labute approximate surface area is 208 Å². The lowest BCUT2D eigenvalue weighted by atomic mass is 9.98. The van der Waals surface area contributed by atoms with Gasteiger partial charge < -0.3 is 20.7 Å². The van der Waals surface area contributed by atoms with Gasteiger partial charge in [0.05, 0.1) is 28.6 Å². The molecule has 1 aliphatic heterocycles. The van der Waals surface area contributed by atoms with Gasteiger partial charge in [-0.2, -0.15) is 0 Å². The summed E-state index contributed by atoms with van der Waals surface area (Å²) in [6, 6.07) is 19.5. The molecule has 0 saturated heterocycles. The number of benzene rings is 3. The van der Waals surface area contributed by atoms with Crippen LogP contribution >= 0.6 is 0 Å². The Hall–Kier alpha value is -4.65. The van der Waals surface area contributed by atoms with Crippen LogP contribution in [0.2, 0.25) is 0 Å². The van der Waals surface area contributed by atoms with Gasteiger partial charge in [0, 0.05) is 30.1 Å². The van der Waals surface area contributed by atoms with Crippen molar-refractivity contribution >= 4 is 39.7 Å². The number of rotatable bonds is 5. The molecule has 178 valence electrons. The van der Waals surface area contributed by atoms with Crippen molar-refractivity contribution in [2.24, 2.45) is 0 Å². The summed E-state index contributed by atoms with van der Waals surface area (Å²) in [6.45, 7) is 1.95. The number of imidazole rings is 1. The van der Waals surface area contributed by atoms with Gasteiger partial charge >= 0.3 is 0 Å². The molecule has 3 heterocycles. The fraction of sp³-hybridized carbons (Fsp3) is 0.138. The summed E-state index contributed by atoms with van der Waals surface area (Å²) >= 11 is 0. The largest absolute Gasteiger partial charge is 0.508 e. The maximum atomic E-state index is 13.4. The highest BCUT2D eigenvalue weighted by molar-refractivity contribution is 6.09. The van der Waals surface area contributed by atoms with Crippen LogP contribution in [0.4, 0.5) is 22.9 Å². The molecule has 4 N–H and O–H groups in total. The number of phenols is 1. The number of hydrogen-bond donors (Lipinski definition) is 4. The normalized spacial score (nSPS) is 12.5. The number of phenolic OH excluding ortho intramolecular Hbond substituents is 1. The van der Waals surface area contributed by atoms with Crippen LogP contribution in [0.25, 0.3) is 11.0 Å². The van der Waals surface area contributed by atoms with Crippen LogP contribution in [-0.2, 0) is 19.3 Å². The van der Waals surface area contributed by atoms with Crippen molar-refractivity contribution in [2.75, 3.05) is 10.6 Å². The average molecular weight is 476 g/mol. The van der Waals surface area contributed by atoms with Crippen LogP contribution < -0.4 is 10.6 Å². The molecule has 7 nitrogen and oxygen atoms in total. The third-order valence-corrected chi connectivity index (χ3v) is 6.68. The number of fused-ring (bicyclic) bond motifs is 3. The first-order chi connectivity index (χ1) is 17.5. The Morgan fingerprint density at radius 2 is 1.78 bits per heavy atom. The van der Waals surface area contributed by atoms with Gasteiger partial charge in [-0.15, -0.1) is 0 Å². The fourth-order valence-electron chi connectivity index (χ4n) is 4.72. The van der Waals surface area contributed by atoms with Gasteiger partial charge in [-0.3, -0.25) is 4.79 Å². The Balaban J connectivity index is 1.25. The molecule has 5 aromatic rings. The van der Waals surface area contributed by atoms with Crippen LogP contribution in [-0.4, -0.2) is 25.8 Å². The zero-order valence-electron chi connectivity index (χ0n) is 19.8. The van der Waals surface area contributed by atoms with Gasteiger partial charge in [0.2, 0.25) is 0 Å². The summed E-state index contributed by atoms with van der Waals surface area (Å²) in [5.74, 6) is 0.686. The minimum atomic E-state index is -0.00787. The first-order valence-corrected chi connectivity index (χ1v) is 11.9. The molecule has 0 spiro atoms. The number of Topliss-reactive ketones (excluding diaryl/α,β-unsaturated/α-hetero) is 1. The first kappa shape index (κ1) is 21.9. The molecule has 0 radical (unpaired) electrons. The molecule has 3 aromatic carbocycles. The number of anilines is 4. The van der Waals surface area contributed by atoms with Crippen molar-refractivity contribution < 1.29 is 9.90 Å². The van der Waals surface area contributed by atoms with Crippen LogP contribution in [0, 0.1) is 6.92 Å². The molecule has 0 saturated carbocycles. The van der Waals surface area contributed by atoms with Gasteiger partial charge in [0.15, 0.2) is 5.78 Å². The Morgan fingerprint density at radius 3 is 2.67 bits per heavy atom. The predicted octanol–water partition coefficient (Wildman–Crippen LogP) is 5.98. The second kappa shape index (κ2) is 8.85. The summed E-state index contributed by atoms with van der Waals surface area (Å²) in [6.07, 6.45) is 5.44. The molecular formula is C29H25N5O2. The SMILES string of the molecule is Cc1ccc(O)cc1Nc1ccnc2c1C(=O)Cc1cc(CCc3ccc4nc[nH]c4c3)ccc1N2. The van der Waals surface area contributed by atoms with Gasteiger partial charge in [0.1, 0.15) is 11.6 Å². The van der Waals surface area contributed by atoms with E-state index in [1.807, 2.05) is 25.1 Å². The average Bonchev–Trinajstić information content (AvgIpc) is 3.28. The molecule has 0 aliphatic carbocycles. The number of hydrogen-bond acceptors (Lipinski definition) is 6. The van der Waals surface area contributed by atoms with E-state index in [0.717, 1.165) is 46.4 Å². The topological polar surface area (TPSA) is 103 Å². The van der Waals surface area contributed by atoms with Crippen molar-refractivity contribution in [3.63, 3.8) is 0 Å². The predicted molar refractivity (Wildman–Crippen MR) is 142 cm³/mol. The van der Waals surface area contributed by atoms with Crippen LogP contribution in [0.3, 0.4) is 0 Å². The molecule has 0 fully saturated rings. The van der Waals surface area contributed by atoms with Gasteiger partial charge in [-0.05, 0) is 72.4 Å². The lowest BCUT2D eigenvalue weighted by Crippen LogP contribution is -2.08. The molecule has 6 rings (SSSR count). The standard InChI is InChI=1S/C29H25N5O2/c1-17-2-7-21(35)15-25(17)33-24-10-11-30-29-28(24)27(36)14-20-12-18(5-8-22(20)34-29)3-4-19-6-9-23-26(13-19)32-16-31-23/h2,5-13,15-16,35H,3-4,14H2,1H3,(H,31,32)(H2,30,33,34). The number of nitrogens with one attached hydrogen (secondary N) is 3. The number of aromatic amines is 1. The van der Waals surface area contributed by atoms with Gasteiger partial charge in [-0.1, -0.05) is 24.3 Å². The number of aromatic hydroxyl groups is 1. The smallest absolute Gasteiger partial charge is 0.173 e. The molecule has 0 atom stereocenters. The van der Waals surface area contributed by atoms with Crippen molar-refractivity contribution in [3.8, 4) is 5.75 Å². The quantitative estimate of drug-likeness (QED) is 0.249. The molecule has 0 unspecified atom stereocenters. The van der Waals surface area contributed by atoms with E-state index in [2.05, 4.69) is 49.9 Å². The molecule has 7 heteroatoms. The number of ketones is 1. The number of aromatic nitrogens is 3. The number of pyridine rings is 1. The summed E-state index contributed by atoms with van der Waals surface area (Å²) in [4.78, 5) is 25.3. The van der Waals surface area contributed by atoms with Gasteiger partial charge in [0.25, 0.3) is 0 Å². The minimum Gasteiger partial charge on any atom is -0.508 e. The van der Waals surface area contributed by atoms with Crippen LogP contribution in [0.5, 0.6) is 5.75 Å². The maximum Gasteiger partial charge on any atom is 0.173 e. The number of aryl methyl sites for hydroxylation is 3. The number of carbonyl (C=O) groups is 1. The fourth-order valence-corrected chi connectivity index (χ4v) is 4.72. The van der Waals surface area contributed by atoms with E-state index in [-0.39, 0.29) is 18.0 Å². The molecule has 1 aliphatic rings. The van der Waals surface area contributed by atoms with Crippen LogP contribution in [0.1, 0.15) is 32.6 Å². The Kier molecular flexibility index (Phi) is 5.37. The van der Waals surface area contributed by atoms with Crippen molar-refractivity contribution in [2.45, 2.75) is 26.2 Å². The van der Waals surface area contributed by atoms with E-state index in [1.54, 1.807) is 30.7 Å². The van der Waals surface area contributed by atoms with E-state index < -0.39 is 0 Å². The summed E-state index contributed by atoms with van der Waals surface area (Å²) in [5, 5.41) is 16.6. The zero-order chi connectivity index (χ0) is 24.6. The summed E-state index contributed by atoms with van der Waals surface area (Å²) < 4.78 is 0. The number of nitrogens with zero attached hydrogens (tertiary/aromatic N) is 2. The second-order valence-electron chi connectivity index (χ2n) is 9.18. The maximum absolute atomic E-state index is 13.4. The van der Waals surface area contributed by atoms with E-state index in [4.69, 9.17) is 0 Å². The van der Waals surface area contributed by atoms with Crippen molar-refractivity contribution in [1.29, 1.82) is 0 Å². The minimum absolute atomic E-state index is 0.00787.